The van der Waals surface area contributed by atoms with E-state index in [9.17, 15) is 9.59 Å². The molecule has 2 saturated heterocycles. The van der Waals surface area contributed by atoms with Gasteiger partial charge >= 0.3 is 12.1 Å². The standard InChI is InChI=1S/C12H22N2O2.C8H13NO2/c1-9-7-14(6)8-12(9,5)13-10(15)16-11(2,3)4;1-6-4-9(3)5-8(6,2)7(10)11/h1,7-8H2,2-6H3,(H,13,15);1,4-5H2,2-3H3,(H,10,11)/t12-;8-/m00/s1. The van der Waals surface area contributed by atoms with Gasteiger partial charge in [-0.3, -0.25) is 9.69 Å². The van der Waals surface area contributed by atoms with Gasteiger partial charge in [0.15, 0.2) is 0 Å². The number of likely N-dealkylation sites (tertiary alicyclic amines) is 2. The Kier molecular flexibility index (Phi) is 6.89. The SMILES string of the molecule is C=C1CN(C)C[C@]1(C)C(=O)O.C=C1CN(C)C[C@]1(C)NC(=O)OC(C)(C)C. The molecule has 2 rings (SSSR count). The zero-order chi connectivity index (χ0) is 21.2. The third-order valence-corrected chi connectivity index (χ3v) is 4.90. The second kappa shape index (κ2) is 8.02. The fourth-order valence-electron chi connectivity index (χ4n) is 3.29. The van der Waals surface area contributed by atoms with Crippen molar-refractivity contribution >= 4 is 12.1 Å². The lowest BCUT2D eigenvalue weighted by Crippen LogP contribution is -2.50. The van der Waals surface area contributed by atoms with Crippen molar-refractivity contribution in [3.63, 3.8) is 0 Å². The molecule has 0 radical (unpaired) electrons. The molecule has 2 heterocycles. The molecule has 2 aliphatic heterocycles. The van der Waals surface area contributed by atoms with E-state index >= 15 is 0 Å². The minimum Gasteiger partial charge on any atom is -0.481 e. The Morgan fingerprint density at radius 1 is 1.07 bits per heavy atom. The third-order valence-electron chi connectivity index (χ3n) is 4.90. The van der Waals surface area contributed by atoms with E-state index in [2.05, 4.69) is 23.4 Å². The number of nitrogens with one attached hydrogen (secondary N) is 1. The fourth-order valence-corrected chi connectivity index (χ4v) is 3.29. The molecule has 0 aromatic rings. The van der Waals surface area contributed by atoms with Crippen LogP contribution in [0.1, 0.15) is 34.6 Å². The number of carbonyl (C=O) groups is 2. The zero-order valence-corrected chi connectivity index (χ0v) is 17.8. The summed E-state index contributed by atoms with van der Waals surface area (Å²) in [5.41, 5.74) is 0.242. The number of hydrogen-bond acceptors (Lipinski definition) is 5. The number of rotatable bonds is 2. The maximum Gasteiger partial charge on any atom is 0.408 e. The molecule has 2 atom stereocenters. The Hall–Kier alpha value is -1.86. The summed E-state index contributed by atoms with van der Waals surface area (Å²) < 4.78 is 5.24. The maximum absolute atomic E-state index is 11.7. The van der Waals surface area contributed by atoms with Crippen LogP contribution in [0.5, 0.6) is 0 Å². The normalized spacial score (nSPS) is 29.3. The first kappa shape index (κ1) is 23.2. The van der Waals surface area contributed by atoms with Gasteiger partial charge in [0, 0.05) is 26.2 Å². The van der Waals surface area contributed by atoms with Crippen molar-refractivity contribution < 1.29 is 19.4 Å². The lowest BCUT2D eigenvalue weighted by molar-refractivity contribution is -0.145. The van der Waals surface area contributed by atoms with Crippen molar-refractivity contribution in [1.29, 1.82) is 0 Å². The second-order valence-corrected chi connectivity index (χ2v) is 9.15. The summed E-state index contributed by atoms with van der Waals surface area (Å²) in [7, 11) is 3.91. The predicted molar refractivity (Wildman–Crippen MR) is 107 cm³/mol. The Balaban J connectivity index is 0.000000289. The molecule has 0 aliphatic carbocycles. The minimum atomic E-state index is -0.771. The van der Waals surface area contributed by atoms with E-state index in [1.165, 1.54) is 0 Å². The van der Waals surface area contributed by atoms with Gasteiger partial charge < -0.3 is 20.1 Å². The van der Waals surface area contributed by atoms with Crippen LogP contribution < -0.4 is 5.32 Å². The van der Waals surface area contributed by atoms with E-state index in [0.717, 1.165) is 24.2 Å². The number of carboxylic acid groups (broad SMARTS) is 1. The van der Waals surface area contributed by atoms with E-state index in [1.807, 2.05) is 46.7 Å². The lowest BCUT2D eigenvalue weighted by atomic mass is 9.86. The van der Waals surface area contributed by atoms with E-state index in [-0.39, 0.29) is 11.6 Å². The average Bonchev–Trinajstić information content (AvgIpc) is 2.84. The number of likely N-dealkylation sites (N-methyl/N-ethyl adjacent to an activating group) is 2. The largest absolute Gasteiger partial charge is 0.481 e. The lowest BCUT2D eigenvalue weighted by Gasteiger charge is -2.29. The number of nitrogens with zero attached hydrogens (tertiary/aromatic N) is 2. The fraction of sp³-hybridized carbons (Fsp3) is 0.700. The molecule has 0 aromatic heterocycles. The highest BCUT2D eigenvalue weighted by molar-refractivity contribution is 5.79. The maximum atomic E-state index is 11.7. The molecule has 0 unspecified atom stereocenters. The Morgan fingerprint density at radius 2 is 1.56 bits per heavy atom. The molecule has 154 valence electrons. The Bertz CT molecular complexity index is 625. The van der Waals surface area contributed by atoms with Gasteiger partial charge in [-0.25, -0.2) is 4.79 Å². The summed E-state index contributed by atoms with van der Waals surface area (Å²) in [5, 5.41) is 11.8. The van der Waals surface area contributed by atoms with Gasteiger partial charge in [-0.1, -0.05) is 13.2 Å². The number of hydrogen-bond donors (Lipinski definition) is 2. The third kappa shape index (κ3) is 6.07. The molecule has 0 aromatic carbocycles. The van der Waals surface area contributed by atoms with Crippen LogP contribution in [0.15, 0.2) is 24.3 Å². The topological polar surface area (TPSA) is 82.1 Å². The molecule has 2 fully saturated rings. The highest BCUT2D eigenvalue weighted by atomic mass is 16.6. The quantitative estimate of drug-likeness (QED) is 0.715. The number of amides is 1. The second-order valence-electron chi connectivity index (χ2n) is 9.15. The molecule has 0 saturated carbocycles. The van der Waals surface area contributed by atoms with E-state index in [1.54, 1.807) is 6.92 Å². The van der Waals surface area contributed by atoms with Crippen molar-refractivity contribution in [1.82, 2.24) is 15.1 Å². The smallest absolute Gasteiger partial charge is 0.408 e. The first-order valence-corrected chi connectivity index (χ1v) is 9.07. The van der Waals surface area contributed by atoms with Gasteiger partial charge in [-0.15, -0.1) is 0 Å². The molecule has 27 heavy (non-hydrogen) atoms. The van der Waals surface area contributed by atoms with E-state index < -0.39 is 17.0 Å². The number of alkyl carbamates (subject to hydrolysis) is 1. The van der Waals surface area contributed by atoms with Crippen molar-refractivity contribution in [2.45, 2.75) is 45.8 Å². The van der Waals surface area contributed by atoms with Crippen LogP contribution in [0.3, 0.4) is 0 Å². The summed E-state index contributed by atoms with van der Waals surface area (Å²) in [6.07, 6.45) is -0.383. The number of ether oxygens (including phenoxy) is 1. The van der Waals surface area contributed by atoms with Crippen LogP contribution in [-0.4, -0.2) is 78.4 Å². The molecule has 7 heteroatoms. The van der Waals surface area contributed by atoms with Gasteiger partial charge in [-0.2, -0.15) is 0 Å². The van der Waals surface area contributed by atoms with E-state index in [4.69, 9.17) is 9.84 Å². The minimum absolute atomic E-state index is 0.378. The molecule has 2 N–H and O–H groups in total. The Morgan fingerprint density at radius 3 is 1.85 bits per heavy atom. The molecule has 1 amide bonds. The predicted octanol–water partition coefficient (Wildman–Crippen LogP) is 2.35. The van der Waals surface area contributed by atoms with Crippen molar-refractivity contribution in [3.05, 3.63) is 24.3 Å². The van der Waals surface area contributed by atoms with Gasteiger partial charge in [0.25, 0.3) is 0 Å². The van der Waals surface area contributed by atoms with Crippen LogP contribution in [-0.2, 0) is 9.53 Å². The summed E-state index contributed by atoms with van der Waals surface area (Å²) in [5.74, 6) is -0.771. The highest BCUT2D eigenvalue weighted by Gasteiger charge is 2.42. The molecular weight excluding hydrogens is 346 g/mol. The highest BCUT2D eigenvalue weighted by Crippen LogP contribution is 2.33. The number of carboxylic acids is 1. The summed E-state index contributed by atoms with van der Waals surface area (Å²) in [6.45, 7) is 19.9. The van der Waals surface area contributed by atoms with Gasteiger partial charge in [0.05, 0.1) is 11.0 Å². The first-order chi connectivity index (χ1) is 12.1. The molecule has 0 spiro atoms. The molecule has 0 bridgehead atoms. The number of aliphatic carboxylic acids is 1. The summed E-state index contributed by atoms with van der Waals surface area (Å²) in [4.78, 5) is 26.6. The average molecular weight is 382 g/mol. The van der Waals surface area contributed by atoms with Crippen LogP contribution >= 0.6 is 0 Å². The van der Waals surface area contributed by atoms with Crippen LogP contribution in [0.2, 0.25) is 0 Å². The van der Waals surface area contributed by atoms with Crippen molar-refractivity contribution in [3.8, 4) is 0 Å². The van der Waals surface area contributed by atoms with E-state index in [0.29, 0.717) is 13.1 Å². The molecule has 7 nitrogen and oxygen atoms in total. The first-order valence-electron chi connectivity index (χ1n) is 9.07. The monoisotopic (exact) mass is 381 g/mol. The Labute approximate surface area is 163 Å². The van der Waals surface area contributed by atoms with Crippen molar-refractivity contribution in [2.75, 3.05) is 40.3 Å². The van der Waals surface area contributed by atoms with Crippen LogP contribution in [0, 0.1) is 5.41 Å². The number of carbonyl (C=O) groups excluding carboxylic acids is 1. The van der Waals surface area contributed by atoms with Crippen molar-refractivity contribution in [2.24, 2.45) is 5.41 Å². The summed E-state index contributed by atoms with van der Waals surface area (Å²) in [6, 6.07) is 0. The van der Waals surface area contributed by atoms with Gasteiger partial charge in [0.2, 0.25) is 0 Å². The molecular formula is C20H35N3O4. The molecule has 2 aliphatic rings. The van der Waals surface area contributed by atoms with Crippen LogP contribution in [0.25, 0.3) is 0 Å². The van der Waals surface area contributed by atoms with Gasteiger partial charge in [0.1, 0.15) is 5.60 Å². The van der Waals surface area contributed by atoms with Gasteiger partial charge in [-0.05, 0) is 59.9 Å². The summed E-state index contributed by atoms with van der Waals surface area (Å²) >= 11 is 0. The zero-order valence-electron chi connectivity index (χ0n) is 17.8. The van der Waals surface area contributed by atoms with Crippen LogP contribution in [0.4, 0.5) is 4.79 Å².